The monoisotopic (exact) mass is 384 g/mol. The van der Waals surface area contributed by atoms with Crippen LogP contribution in [0.2, 0.25) is 0 Å². The number of amides is 1. The van der Waals surface area contributed by atoms with Crippen molar-refractivity contribution in [1.82, 2.24) is 4.98 Å². The largest absolute Gasteiger partial charge is 0.491 e. The van der Waals surface area contributed by atoms with Crippen LogP contribution < -0.4 is 10.1 Å². The van der Waals surface area contributed by atoms with Gasteiger partial charge in [0, 0.05) is 18.2 Å². The lowest BCUT2D eigenvalue weighted by atomic mass is 9.78. The Morgan fingerprint density at radius 2 is 2.18 bits per heavy atom. The van der Waals surface area contributed by atoms with Gasteiger partial charge in [-0.25, -0.2) is 0 Å². The van der Waals surface area contributed by atoms with E-state index in [1.165, 1.54) is 0 Å². The number of ether oxygens (including phenoxy) is 2. The molecule has 0 radical (unpaired) electrons. The number of nitrogens with zero attached hydrogens (tertiary/aromatic N) is 1. The van der Waals surface area contributed by atoms with E-state index in [0.717, 1.165) is 60.9 Å². The summed E-state index contributed by atoms with van der Waals surface area (Å²) < 4.78 is 11.9. The van der Waals surface area contributed by atoms with Crippen molar-refractivity contribution < 1.29 is 14.3 Å². The number of unbranched alkanes of at least 4 members (excludes halogenated alkanes) is 1. The first-order chi connectivity index (χ1) is 13.6. The molecule has 1 aromatic heterocycles. The fourth-order valence-corrected chi connectivity index (χ4v) is 4.12. The summed E-state index contributed by atoms with van der Waals surface area (Å²) in [5.74, 6) is 1.19. The second-order valence-corrected chi connectivity index (χ2v) is 7.80. The van der Waals surface area contributed by atoms with Crippen LogP contribution in [0.5, 0.6) is 5.75 Å². The Kier molecular flexibility index (Phi) is 6.89. The minimum Gasteiger partial charge on any atom is -0.491 e. The van der Waals surface area contributed by atoms with Crippen LogP contribution in [0.1, 0.15) is 59.3 Å². The summed E-state index contributed by atoms with van der Waals surface area (Å²) in [6, 6.07) is 7.67. The quantitative estimate of drug-likeness (QED) is 0.624. The van der Waals surface area contributed by atoms with E-state index in [0.29, 0.717) is 19.1 Å². The van der Waals surface area contributed by atoms with Crippen LogP contribution in [-0.4, -0.2) is 29.7 Å². The third-order valence-corrected chi connectivity index (χ3v) is 5.53. The molecule has 1 saturated carbocycles. The van der Waals surface area contributed by atoms with Crippen molar-refractivity contribution in [3.8, 4) is 5.75 Å². The maximum absolute atomic E-state index is 13.3. The Balaban J connectivity index is 1.87. The number of anilines is 1. The topological polar surface area (TPSA) is 60.5 Å². The lowest BCUT2D eigenvalue weighted by molar-refractivity contribution is -0.147. The zero-order valence-corrected chi connectivity index (χ0v) is 17.3. The third kappa shape index (κ3) is 4.46. The molecule has 1 aliphatic rings. The minimum atomic E-state index is -0.739. The van der Waals surface area contributed by atoms with Crippen LogP contribution in [0, 0.1) is 5.92 Å². The highest BCUT2D eigenvalue weighted by atomic mass is 16.5. The van der Waals surface area contributed by atoms with Crippen LogP contribution >= 0.6 is 0 Å². The molecule has 28 heavy (non-hydrogen) atoms. The van der Waals surface area contributed by atoms with Crippen molar-refractivity contribution >= 4 is 22.5 Å². The number of carbonyl (C=O) groups excluding carboxylic acids is 1. The predicted molar refractivity (Wildman–Crippen MR) is 113 cm³/mol. The molecule has 0 spiro atoms. The van der Waals surface area contributed by atoms with Gasteiger partial charge in [-0.2, -0.15) is 0 Å². The van der Waals surface area contributed by atoms with Crippen LogP contribution in [0.15, 0.2) is 30.5 Å². The maximum Gasteiger partial charge on any atom is 0.256 e. The van der Waals surface area contributed by atoms with Crippen molar-refractivity contribution in [2.24, 2.45) is 5.92 Å². The van der Waals surface area contributed by atoms with Crippen LogP contribution in [0.25, 0.3) is 10.9 Å². The van der Waals surface area contributed by atoms with Gasteiger partial charge in [0.25, 0.3) is 5.91 Å². The highest BCUT2D eigenvalue weighted by molar-refractivity contribution is 6.05. The van der Waals surface area contributed by atoms with Crippen molar-refractivity contribution in [1.29, 1.82) is 0 Å². The Labute approximate surface area is 167 Å². The SMILES string of the molecule is CCCCOc1ccc(NC(=O)[C@]2(OCC)CCC[C@@H](C)C2)c2cccnc12. The first-order valence-corrected chi connectivity index (χ1v) is 10.6. The van der Waals surface area contributed by atoms with Crippen LogP contribution in [0.3, 0.4) is 0 Å². The molecule has 2 atom stereocenters. The molecule has 0 bridgehead atoms. The summed E-state index contributed by atoms with van der Waals surface area (Å²) in [6.45, 7) is 7.49. The van der Waals surface area contributed by atoms with Gasteiger partial charge in [-0.1, -0.05) is 26.7 Å². The second kappa shape index (κ2) is 9.37. The molecule has 1 N–H and O–H groups in total. The average Bonchev–Trinajstić information content (AvgIpc) is 2.70. The molecular formula is C23H32N2O3. The number of nitrogens with one attached hydrogen (secondary N) is 1. The van der Waals surface area contributed by atoms with E-state index in [1.807, 2.05) is 31.2 Å². The highest BCUT2D eigenvalue weighted by Gasteiger charge is 2.42. The van der Waals surface area contributed by atoms with E-state index in [-0.39, 0.29) is 5.91 Å². The number of hydrogen-bond acceptors (Lipinski definition) is 4. The average molecular weight is 385 g/mol. The first-order valence-electron chi connectivity index (χ1n) is 10.6. The fraction of sp³-hybridized carbons (Fsp3) is 0.565. The predicted octanol–water partition coefficient (Wildman–Crippen LogP) is 5.34. The first kappa shape index (κ1) is 20.6. The van der Waals surface area contributed by atoms with E-state index in [9.17, 15) is 4.79 Å². The Hall–Kier alpha value is -2.14. The molecule has 1 aromatic carbocycles. The third-order valence-electron chi connectivity index (χ3n) is 5.53. The molecule has 3 rings (SSSR count). The van der Waals surface area contributed by atoms with Gasteiger partial charge in [0.2, 0.25) is 0 Å². The number of benzene rings is 1. The summed E-state index contributed by atoms with van der Waals surface area (Å²) >= 11 is 0. The smallest absolute Gasteiger partial charge is 0.256 e. The van der Waals surface area contributed by atoms with Gasteiger partial charge in [0.05, 0.1) is 12.3 Å². The van der Waals surface area contributed by atoms with Crippen molar-refractivity contribution in [2.45, 2.75) is 64.9 Å². The molecule has 5 heteroatoms. The lowest BCUT2D eigenvalue weighted by Gasteiger charge is -2.38. The number of rotatable bonds is 8. The normalized spacial score (nSPS) is 22.2. The highest BCUT2D eigenvalue weighted by Crippen LogP contribution is 2.37. The molecule has 1 aliphatic carbocycles. The van der Waals surface area contributed by atoms with Crippen molar-refractivity contribution in [2.75, 3.05) is 18.5 Å². The molecule has 0 unspecified atom stereocenters. The van der Waals surface area contributed by atoms with Crippen LogP contribution in [0.4, 0.5) is 5.69 Å². The standard InChI is InChI=1S/C23H32N2O3/c1-4-6-15-27-20-12-11-19(18-10-8-14-24-21(18)20)25-22(26)23(28-5-2)13-7-9-17(3)16-23/h8,10-12,14,17H,4-7,9,13,15-16H2,1-3H3,(H,25,26)/t17-,23+/m1/s1. The van der Waals surface area contributed by atoms with E-state index in [4.69, 9.17) is 9.47 Å². The minimum absolute atomic E-state index is 0.0503. The lowest BCUT2D eigenvalue weighted by Crippen LogP contribution is -2.48. The summed E-state index contributed by atoms with van der Waals surface area (Å²) in [7, 11) is 0. The fourth-order valence-electron chi connectivity index (χ4n) is 4.12. The molecule has 0 aliphatic heterocycles. The number of hydrogen-bond donors (Lipinski definition) is 1. The molecule has 1 heterocycles. The zero-order chi connectivity index (χ0) is 20.0. The molecule has 1 fully saturated rings. The van der Waals surface area contributed by atoms with Gasteiger partial charge in [0.1, 0.15) is 16.9 Å². The Morgan fingerprint density at radius 1 is 1.32 bits per heavy atom. The maximum atomic E-state index is 13.3. The van der Waals surface area contributed by atoms with E-state index in [2.05, 4.69) is 24.1 Å². The Morgan fingerprint density at radius 3 is 2.93 bits per heavy atom. The Bertz CT molecular complexity index is 804. The van der Waals surface area contributed by atoms with Gasteiger partial charge in [-0.15, -0.1) is 0 Å². The van der Waals surface area contributed by atoms with Gasteiger partial charge in [-0.3, -0.25) is 9.78 Å². The molecular weight excluding hydrogens is 352 g/mol. The molecule has 2 aromatic rings. The number of fused-ring (bicyclic) bond motifs is 1. The molecule has 152 valence electrons. The second-order valence-electron chi connectivity index (χ2n) is 7.80. The number of pyridine rings is 1. The van der Waals surface area contributed by atoms with Gasteiger partial charge in [-0.05, 0) is 62.8 Å². The van der Waals surface area contributed by atoms with E-state index in [1.54, 1.807) is 6.20 Å². The van der Waals surface area contributed by atoms with Gasteiger partial charge < -0.3 is 14.8 Å². The van der Waals surface area contributed by atoms with E-state index >= 15 is 0 Å². The zero-order valence-electron chi connectivity index (χ0n) is 17.3. The van der Waals surface area contributed by atoms with Crippen LogP contribution in [-0.2, 0) is 9.53 Å². The summed E-state index contributed by atoms with van der Waals surface area (Å²) in [5, 5.41) is 4.03. The van der Waals surface area contributed by atoms with Gasteiger partial charge >= 0.3 is 0 Å². The number of carbonyl (C=O) groups is 1. The van der Waals surface area contributed by atoms with Crippen molar-refractivity contribution in [3.05, 3.63) is 30.5 Å². The summed E-state index contributed by atoms with van der Waals surface area (Å²) in [5.41, 5.74) is 0.796. The number of aromatic nitrogens is 1. The summed E-state index contributed by atoms with van der Waals surface area (Å²) in [6.07, 6.45) is 7.54. The molecule has 1 amide bonds. The van der Waals surface area contributed by atoms with E-state index < -0.39 is 5.60 Å². The molecule has 5 nitrogen and oxygen atoms in total. The summed E-state index contributed by atoms with van der Waals surface area (Å²) in [4.78, 5) is 17.8. The van der Waals surface area contributed by atoms with Gasteiger partial charge in [0.15, 0.2) is 0 Å². The molecule has 0 saturated heterocycles. The van der Waals surface area contributed by atoms with Crippen molar-refractivity contribution in [3.63, 3.8) is 0 Å².